The summed E-state index contributed by atoms with van der Waals surface area (Å²) in [6, 6.07) is 7.02. The van der Waals surface area contributed by atoms with Gasteiger partial charge in [0.25, 0.3) is 0 Å². The number of benzene rings is 1. The minimum absolute atomic E-state index is 0.140. The van der Waals surface area contributed by atoms with Gasteiger partial charge in [0.2, 0.25) is 5.96 Å². The number of aryl methyl sites for hydroxylation is 1. The van der Waals surface area contributed by atoms with Crippen LogP contribution in [0.3, 0.4) is 0 Å². The Labute approximate surface area is 172 Å². The summed E-state index contributed by atoms with van der Waals surface area (Å²) in [6.07, 6.45) is 1.99. The van der Waals surface area contributed by atoms with Crippen LogP contribution in [0.1, 0.15) is 16.7 Å². The van der Waals surface area contributed by atoms with E-state index in [2.05, 4.69) is 22.6 Å². The lowest BCUT2D eigenvalue weighted by atomic mass is 10.0. The van der Waals surface area contributed by atoms with Crippen LogP contribution in [0.5, 0.6) is 5.75 Å². The maximum absolute atomic E-state index is 12.9. The Morgan fingerprint density at radius 1 is 1.31 bits per heavy atom. The molecule has 0 radical (unpaired) electrons. The number of nitrogens with zero attached hydrogens (tertiary/aromatic N) is 3. The third-order valence-electron chi connectivity index (χ3n) is 4.91. The standard InChI is InChI=1S/C20H23F2N5OS/c1-11-14(9-27(4)25-11)23-20-24-18-16(10-26(20)3)29-12(2)17(18)13-7-5-6-8-15(13)28-19(21)22/h5-9,11,19,25H,10H2,1-4H3,(H,23,24). The number of ether oxygens (including phenoxy) is 1. The van der Waals surface area contributed by atoms with Gasteiger partial charge in [0.15, 0.2) is 0 Å². The number of hydrazine groups is 1. The van der Waals surface area contributed by atoms with Crippen molar-refractivity contribution >= 4 is 23.0 Å². The average molecular weight is 420 g/mol. The van der Waals surface area contributed by atoms with Crippen LogP contribution in [0.15, 0.2) is 41.2 Å². The number of rotatable bonds is 4. The molecule has 154 valence electrons. The molecule has 2 aliphatic heterocycles. The molecule has 2 aliphatic rings. The van der Waals surface area contributed by atoms with Gasteiger partial charge in [-0.05, 0) is 19.9 Å². The van der Waals surface area contributed by atoms with Gasteiger partial charge in [-0.15, -0.1) is 11.3 Å². The van der Waals surface area contributed by atoms with E-state index in [1.807, 2.05) is 38.3 Å². The normalized spacial score (nSPS) is 18.7. The molecule has 0 fully saturated rings. The summed E-state index contributed by atoms with van der Waals surface area (Å²) in [5, 5.41) is 5.31. The van der Waals surface area contributed by atoms with Crippen LogP contribution in [0.25, 0.3) is 11.1 Å². The minimum Gasteiger partial charge on any atom is -0.434 e. The van der Waals surface area contributed by atoms with Crippen molar-refractivity contribution in [1.82, 2.24) is 20.7 Å². The number of para-hydroxylation sites is 1. The number of guanidine groups is 1. The van der Waals surface area contributed by atoms with Crippen LogP contribution in [0.2, 0.25) is 0 Å². The lowest BCUT2D eigenvalue weighted by molar-refractivity contribution is -0.0494. The van der Waals surface area contributed by atoms with Gasteiger partial charge < -0.3 is 20.0 Å². The van der Waals surface area contributed by atoms with E-state index in [0.717, 1.165) is 32.7 Å². The van der Waals surface area contributed by atoms with Crippen molar-refractivity contribution in [2.45, 2.75) is 33.0 Å². The van der Waals surface area contributed by atoms with Crippen molar-refractivity contribution in [3.8, 4) is 16.9 Å². The zero-order valence-corrected chi connectivity index (χ0v) is 17.5. The van der Waals surface area contributed by atoms with Crippen molar-refractivity contribution in [2.24, 2.45) is 4.99 Å². The second-order valence-corrected chi connectivity index (χ2v) is 8.45. The van der Waals surface area contributed by atoms with Crippen LogP contribution >= 0.6 is 11.3 Å². The monoisotopic (exact) mass is 419 g/mol. The highest BCUT2D eigenvalue weighted by Crippen LogP contribution is 2.47. The first-order valence-corrected chi connectivity index (χ1v) is 10.1. The average Bonchev–Trinajstić information content (AvgIpc) is 3.13. The molecule has 29 heavy (non-hydrogen) atoms. The van der Waals surface area contributed by atoms with Crippen molar-refractivity contribution in [1.29, 1.82) is 0 Å². The molecule has 0 spiro atoms. The Morgan fingerprint density at radius 3 is 2.76 bits per heavy atom. The highest BCUT2D eigenvalue weighted by Gasteiger charge is 2.28. The summed E-state index contributed by atoms with van der Waals surface area (Å²) in [4.78, 5) is 9.05. The van der Waals surface area contributed by atoms with E-state index in [1.54, 1.807) is 29.5 Å². The molecular weight excluding hydrogens is 396 g/mol. The van der Waals surface area contributed by atoms with Gasteiger partial charge in [-0.2, -0.15) is 8.78 Å². The fraction of sp³-hybridized carbons (Fsp3) is 0.350. The molecule has 3 heterocycles. The number of thiophene rings is 1. The fourth-order valence-electron chi connectivity index (χ4n) is 3.61. The summed E-state index contributed by atoms with van der Waals surface area (Å²) in [5.41, 5.74) is 6.57. The topological polar surface area (TPSA) is 52.1 Å². The summed E-state index contributed by atoms with van der Waals surface area (Å²) < 4.78 is 30.6. The Balaban J connectivity index is 1.75. The van der Waals surface area contributed by atoms with E-state index in [4.69, 9.17) is 9.73 Å². The first-order valence-electron chi connectivity index (χ1n) is 9.27. The first-order chi connectivity index (χ1) is 13.8. The van der Waals surface area contributed by atoms with E-state index in [1.165, 1.54) is 0 Å². The number of hydrogen-bond donors (Lipinski definition) is 2. The highest BCUT2D eigenvalue weighted by molar-refractivity contribution is 7.13. The fourth-order valence-corrected chi connectivity index (χ4v) is 4.79. The van der Waals surface area contributed by atoms with Crippen molar-refractivity contribution in [2.75, 3.05) is 14.1 Å². The molecular formula is C20H23F2N5OS. The van der Waals surface area contributed by atoms with Crippen LogP contribution in [0, 0.1) is 6.92 Å². The van der Waals surface area contributed by atoms with Gasteiger partial charge in [-0.1, -0.05) is 18.2 Å². The summed E-state index contributed by atoms with van der Waals surface area (Å²) in [5.74, 6) is 0.881. The largest absolute Gasteiger partial charge is 0.434 e. The summed E-state index contributed by atoms with van der Waals surface area (Å²) >= 11 is 1.63. The molecule has 1 atom stereocenters. The molecule has 2 aromatic rings. The van der Waals surface area contributed by atoms with Crippen molar-refractivity contribution in [3.05, 3.63) is 45.9 Å². The van der Waals surface area contributed by atoms with Gasteiger partial charge in [0, 0.05) is 36.3 Å². The summed E-state index contributed by atoms with van der Waals surface area (Å²) in [7, 11) is 3.92. The third-order valence-corrected chi connectivity index (χ3v) is 5.99. The Bertz CT molecular complexity index is 987. The minimum atomic E-state index is -2.88. The molecule has 9 heteroatoms. The van der Waals surface area contributed by atoms with Crippen molar-refractivity contribution < 1.29 is 13.5 Å². The highest BCUT2D eigenvalue weighted by atomic mass is 32.1. The zero-order valence-electron chi connectivity index (χ0n) is 16.7. The van der Waals surface area contributed by atoms with Gasteiger partial charge in [-0.25, -0.2) is 10.4 Å². The van der Waals surface area contributed by atoms with Gasteiger partial charge in [0.1, 0.15) is 5.75 Å². The molecule has 6 nitrogen and oxygen atoms in total. The molecule has 0 bridgehead atoms. The second-order valence-electron chi connectivity index (χ2n) is 7.14. The summed E-state index contributed by atoms with van der Waals surface area (Å²) in [6.45, 7) is 1.86. The Kier molecular flexibility index (Phi) is 5.18. The number of halogens is 2. The Hall–Kier alpha value is -2.65. The van der Waals surface area contributed by atoms with E-state index >= 15 is 0 Å². The molecule has 2 N–H and O–H groups in total. The molecule has 1 aromatic carbocycles. The number of fused-ring (bicyclic) bond motifs is 1. The molecule has 1 aromatic heterocycles. The maximum atomic E-state index is 12.9. The van der Waals surface area contributed by atoms with Crippen LogP contribution in [-0.4, -0.2) is 42.6 Å². The van der Waals surface area contributed by atoms with Crippen LogP contribution < -0.4 is 15.5 Å². The smallest absolute Gasteiger partial charge is 0.387 e. The molecule has 0 saturated carbocycles. The SMILES string of the molecule is Cc1sc2c(c1-c1ccccc1OC(F)F)N=C(NC1=CN(C)NC1C)N(C)C2. The molecule has 0 aliphatic carbocycles. The third kappa shape index (κ3) is 3.79. The number of aliphatic imine (C=N–C) groups is 1. The zero-order chi connectivity index (χ0) is 20.7. The molecule has 1 unspecified atom stereocenters. The van der Waals surface area contributed by atoms with Crippen LogP contribution in [-0.2, 0) is 6.54 Å². The molecule has 0 amide bonds. The van der Waals surface area contributed by atoms with Gasteiger partial charge in [-0.3, -0.25) is 0 Å². The van der Waals surface area contributed by atoms with Gasteiger partial charge >= 0.3 is 6.61 Å². The predicted octanol–water partition coefficient (Wildman–Crippen LogP) is 4.03. The van der Waals surface area contributed by atoms with E-state index in [-0.39, 0.29) is 11.8 Å². The van der Waals surface area contributed by atoms with Crippen molar-refractivity contribution in [3.63, 3.8) is 0 Å². The second kappa shape index (κ2) is 7.64. The van der Waals surface area contributed by atoms with Crippen LogP contribution in [0.4, 0.5) is 14.5 Å². The molecule has 4 rings (SSSR count). The number of alkyl halides is 2. The quantitative estimate of drug-likeness (QED) is 0.784. The van der Waals surface area contributed by atoms with E-state index in [0.29, 0.717) is 12.1 Å². The van der Waals surface area contributed by atoms with E-state index in [9.17, 15) is 8.78 Å². The number of hydrogen-bond acceptors (Lipinski definition) is 7. The number of nitrogens with one attached hydrogen (secondary N) is 2. The first kappa shape index (κ1) is 19.7. The lowest BCUT2D eigenvalue weighted by Gasteiger charge is -2.27. The predicted molar refractivity (Wildman–Crippen MR) is 111 cm³/mol. The van der Waals surface area contributed by atoms with E-state index < -0.39 is 6.61 Å². The molecule has 0 saturated heterocycles. The lowest BCUT2D eigenvalue weighted by Crippen LogP contribution is -2.42. The Morgan fingerprint density at radius 2 is 2.07 bits per heavy atom. The maximum Gasteiger partial charge on any atom is 0.387 e. The van der Waals surface area contributed by atoms with Gasteiger partial charge in [0.05, 0.1) is 28.8 Å².